The van der Waals surface area contributed by atoms with Crippen molar-refractivity contribution in [3.05, 3.63) is 46.5 Å². The van der Waals surface area contributed by atoms with Gasteiger partial charge < -0.3 is 5.32 Å². The van der Waals surface area contributed by atoms with E-state index in [9.17, 15) is 0 Å². The van der Waals surface area contributed by atoms with Crippen molar-refractivity contribution in [2.24, 2.45) is 0 Å². The third kappa shape index (κ3) is 4.11. The zero-order chi connectivity index (χ0) is 12.0. The van der Waals surface area contributed by atoms with Crippen LogP contribution in [-0.4, -0.2) is 13.1 Å². The van der Waals surface area contributed by atoms with E-state index >= 15 is 0 Å². The van der Waals surface area contributed by atoms with Crippen LogP contribution in [0.4, 0.5) is 0 Å². The molecule has 0 aliphatic rings. The second-order valence-electron chi connectivity index (χ2n) is 4.09. The van der Waals surface area contributed by atoms with Crippen LogP contribution in [0.5, 0.6) is 0 Å². The Balaban J connectivity index is 2.63. The first-order chi connectivity index (χ1) is 7.67. The second-order valence-corrected chi connectivity index (χ2v) is 4.94. The molecule has 1 aromatic rings. The van der Waals surface area contributed by atoms with Crippen molar-refractivity contribution in [3.8, 4) is 0 Å². The van der Waals surface area contributed by atoms with Gasteiger partial charge in [-0.25, -0.2) is 0 Å². The molecular weight excluding hydrogens is 262 g/mol. The molecule has 1 unspecified atom stereocenters. The van der Waals surface area contributed by atoms with Crippen LogP contribution in [0.3, 0.4) is 0 Å². The molecule has 1 atom stereocenters. The van der Waals surface area contributed by atoms with E-state index in [0.29, 0.717) is 6.04 Å². The first-order valence-electron chi connectivity index (χ1n) is 5.74. The van der Waals surface area contributed by atoms with Gasteiger partial charge in [0.25, 0.3) is 0 Å². The van der Waals surface area contributed by atoms with Crippen molar-refractivity contribution in [1.82, 2.24) is 5.32 Å². The van der Waals surface area contributed by atoms with Crippen LogP contribution in [0.1, 0.15) is 25.3 Å². The lowest BCUT2D eigenvalue weighted by atomic mass is 9.99. The van der Waals surface area contributed by atoms with Gasteiger partial charge in [-0.3, -0.25) is 0 Å². The molecule has 1 N–H and O–H groups in total. The van der Waals surface area contributed by atoms with E-state index in [2.05, 4.69) is 52.9 Å². The van der Waals surface area contributed by atoms with E-state index in [-0.39, 0.29) is 0 Å². The van der Waals surface area contributed by atoms with Gasteiger partial charge in [-0.15, -0.1) is 0 Å². The van der Waals surface area contributed by atoms with Crippen LogP contribution in [0.25, 0.3) is 0 Å². The second kappa shape index (κ2) is 6.87. The third-order valence-electron chi connectivity index (χ3n) is 2.87. The summed E-state index contributed by atoms with van der Waals surface area (Å²) in [5.74, 6) is 0. The van der Waals surface area contributed by atoms with Gasteiger partial charge in [0.15, 0.2) is 0 Å². The maximum atomic E-state index is 4.07. The van der Waals surface area contributed by atoms with Crippen LogP contribution in [-0.2, 0) is 6.42 Å². The molecule has 0 bridgehead atoms. The molecule has 16 heavy (non-hydrogen) atoms. The zero-order valence-corrected chi connectivity index (χ0v) is 11.7. The highest BCUT2D eigenvalue weighted by Gasteiger charge is 2.09. The predicted octanol–water partition coefficient (Wildman–Crippen LogP) is 3.94. The molecule has 0 heterocycles. The Bertz CT molecular complexity index is 346. The monoisotopic (exact) mass is 281 g/mol. The average molecular weight is 282 g/mol. The van der Waals surface area contributed by atoms with Crippen molar-refractivity contribution in [2.45, 2.75) is 32.2 Å². The fraction of sp³-hybridized carbons (Fsp3) is 0.429. The van der Waals surface area contributed by atoms with E-state index in [1.54, 1.807) is 0 Å². The van der Waals surface area contributed by atoms with Gasteiger partial charge in [0.05, 0.1) is 0 Å². The van der Waals surface area contributed by atoms with Gasteiger partial charge in [-0.1, -0.05) is 53.2 Å². The third-order valence-corrected chi connectivity index (χ3v) is 3.64. The molecule has 0 aromatic heterocycles. The quantitative estimate of drug-likeness (QED) is 0.779. The SMILES string of the molecule is C=C(CC)CC(Cc1ccccc1Br)NC. The summed E-state index contributed by atoms with van der Waals surface area (Å²) in [7, 11) is 2.02. The number of halogens is 1. The Morgan fingerprint density at radius 1 is 1.44 bits per heavy atom. The molecule has 0 fully saturated rings. The Morgan fingerprint density at radius 2 is 2.12 bits per heavy atom. The summed E-state index contributed by atoms with van der Waals surface area (Å²) in [5, 5.41) is 3.36. The van der Waals surface area contributed by atoms with Crippen LogP contribution < -0.4 is 5.32 Å². The fourth-order valence-corrected chi connectivity index (χ4v) is 2.15. The number of hydrogen-bond acceptors (Lipinski definition) is 1. The smallest absolute Gasteiger partial charge is 0.0207 e. The van der Waals surface area contributed by atoms with E-state index in [1.165, 1.54) is 15.6 Å². The van der Waals surface area contributed by atoms with E-state index in [4.69, 9.17) is 0 Å². The lowest BCUT2D eigenvalue weighted by Gasteiger charge is -2.17. The maximum Gasteiger partial charge on any atom is 0.0207 e. The van der Waals surface area contributed by atoms with Gasteiger partial charge >= 0.3 is 0 Å². The van der Waals surface area contributed by atoms with E-state index in [0.717, 1.165) is 19.3 Å². The summed E-state index contributed by atoms with van der Waals surface area (Å²) in [5.41, 5.74) is 2.66. The molecule has 0 amide bonds. The minimum Gasteiger partial charge on any atom is -0.316 e. The molecule has 1 rings (SSSR count). The van der Waals surface area contributed by atoms with Gasteiger partial charge in [0, 0.05) is 10.5 Å². The Morgan fingerprint density at radius 3 is 2.69 bits per heavy atom. The molecule has 1 aromatic carbocycles. The normalized spacial score (nSPS) is 12.4. The minimum atomic E-state index is 0.478. The summed E-state index contributed by atoms with van der Waals surface area (Å²) in [4.78, 5) is 0. The molecule has 2 heteroatoms. The van der Waals surface area contributed by atoms with E-state index < -0.39 is 0 Å². The molecule has 0 spiro atoms. The Hall–Kier alpha value is -0.600. The number of hydrogen-bond donors (Lipinski definition) is 1. The number of likely N-dealkylation sites (N-methyl/N-ethyl adjacent to an activating group) is 1. The Labute approximate surface area is 107 Å². The van der Waals surface area contributed by atoms with Gasteiger partial charge in [-0.05, 0) is 37.9 Å². The average Bonchev–Trinajstić information content (AvgIpc) is 2.30. The molecule has 0 saturated heterocycles. The molecule has 0 aliphatic heterocycles. The first kappa shape index (κ1) is 13.5. The summed E-state index contributed by atoms with van der Waals surface area (Å²) in [6, 6.07) is 8.87. The number of nitrogens with one attached hydrogen (secondary N) is 1. The van der Waals surface area contributed by atoms with Gasteiger partial charge in [0.1, 0.15) is 0 Å². The molecule has 0 saturated carbocycles. The van der Waals surface area contributed by atoms with Crippen molar-refractivity contribution in [2.75, 3.05) is 7.05 Å². The van der Waals surface area contributed by atoms with Crippen molar-refractivity contribution >= 4 is 15.9 Å². The van der Waals surface area contributed by atoms with Crippen LogP contribution in [0.15, 0.2) is 40.9 Å². The first-order valence-corrected chi connectivity index (χ1v) is 6.54. The highest BCUT2D eigenvalue weighted by atomic mass is 79.9. The summed E-state index contributed by atoms with van der Waals surface area (Å²) >= 11 is 3.59. The highest BCUT2D eigenvalue weighted by molar-refractivity contribution is 9.10. The highest BCUT2D eigenvalue weighted by Crippen LogP contribution is 2.19. The lowest BCUT2D eigenvalue weighted by molar-refractivity contribution is 0.548. The summed E-state index contributed by atoms with van der Waals surface area (Å²) in [6.07, 6.45) is 3.15. The standard InChI is InChI=1S/C14H20BrN/c1-4-11(2)9-13(16-3)10-12-7-5-6-8-14(12)15/h5-8,13,16H,2,4,9-10H2,1,3H3. The van der Waals surface area contributed by atoms with Crippen LogP contribution >= 0.6 is 15.9 Å². The Kier molecular flexibility index (Phi) is 5.78. The van der Waals surface area contributed by atoms with Crippen LogP contribution in [0.2, 0.25) is 0 Å². The summed E-state index contributed by atoms with van der Waals surface area (Å²) < 4.78 is 1.19. The van der Waals surface area contributed by atoms with Crippen molar-refractivity contribution in [1.29, 1.82) is 0 Å². The molecule has 1 nitrogen and oxygen atoms in total. The number of benzene rings is 1. The fourth-order valence-electron chi connectivity index (χ4n) is 1.70. The maximum absolute atomic E-state index is 4.07. The summed E-state index contributed by atoms with van der Waals surface area (Å²) in [6.45, 7) is 6.23. The zero-order valence-electron chi connectivity index (χ0n) is 10.1. The van der Waals surface area contributed by atoms with Gasteiger partial charge in [0.2, 0.25) is 0 Å². The van der Waals surface area contributed by atoms with Crippen LogP contribution in [0, 0.1) is 0 Å². The molecule has 0 aliphatic carbocycles. The molecule has 0 radical (unpaired) electrons. The van der Waals surface area contributed by atoms with Crippen molar-refractivity contribution in [3.63, 3.8) is 0 Å². The minimum absolute atomic E-state index is 0.478. The largest absolute Gasteiger partial charge is 0.316 e. The molecule has 88 valence electrons. The predicted molar refractivity (Wildman–Crippen MR) is 74.7 cm³/mol. The number of rotatable bonds is 6. The molecular formula is C14H20BrN. The topological polar surface area (TPSA) is 12.0 Å². The van der Waals surface area contributed by atoms with E-state index in [1.807, 2.05) is 13.1 Å². The van der Waals surface area contributed by atoms with Crippen molar-refractivity contribution < 1.29 is 0 Å². The lowest BCUT2D eigenvalue weighted by Crippen LogP contribution is -2.28. The van der Waals surface area contributed by atoms with Gasteiger partial charge in [-0.2, -0.15) is 0 Å².